The number of benzene rings is 1. The van der Waals surface area contributed by atoms with Crippen LogP contribution in [0.3, 0.4) is 0 Å². The molecule has 114 valence electrons. The van der Waals surface area contributed by atoms with E-state index in [0.717, 1.165) is 11.4 Å². The Kier molecular flexibility index (Phi) is 4.40. The summed E-state index contributed by atoms with van der Waals surface area (Å²) in [5.74, 6) is 0.787. The van der Waals surface area contributed by atoms with Crippen molar-refractivity contribution in [2.45, 2.75) is 26.4 Å². The summed E-state index contributed by atoms with van der Waals surface area (Å²) in [5.41, 5.74) is 0.412. The van der Waals surface area contributed by atoms with E-state index in [4.69, 9.17) is 9.47 Å². The van der Waals surface area contributed by atoms with Crippen molar-refractivity contribution in [2.75, 3.05) is 25.2 Å². The van der Waals surface area contributed by atoms with E-state index in [1.54, 1.807) is 12.1 Å². The van der Waals surface area contributed by atoms with E-state index in [1.165, 1.54) is 0 Å². The van der Waals surface area contributed by atoms with Gasteiger partial charge < -0.3 is 9.47 Å². The molecule has 0 N–H and O–H groups in total. The second kappa shape index (κ2) is 6.08. The van der Waals surface area contributed by atoms with Gasteiger partial charge in [-0.1, -0.05) is 12.2 Å². The minimum absolute atomic E-state index is 0.345. The van der Waals surface area contributed by atoms with E-state index in [1.807, 2.05) is 62.2 Å². The Hall–Kier alpha value is -2.17. The summed E-state index contributed by atoms with van der Waals surface area (Å²) < 4.78 is 10.6. The molecule has 0 saturated heterocycles. The first kappa shape index (κ1) is 15.2. The van der Waals surface area contributed by atoms with E-state index in [-0.39, 0.29) is 6.09 Å². The summed E-state index contributed by atoms with van der Waals surface area (Å²) in [5, 5.41) is 3.50. The molecule has 2 rings (SSSR count). The van der Waals surface area contributed by atoms with E-state index in [0.29, 0.717) is 13.1 Å². The highest BCUT2D eigenvalue weighted by atomic mass is 16.6. The highest BCUT2D eigenvalue weighted by molar-refractivity contribution is 5.72. The molecule has 5 nitrogen and oxygen atoms in total. The monoisotopic (exact) mass is 290 g/mol. The Labute approximate surface area is 125 Å². The van der Waals surface area contributed by atoms with Crippen molar-refractivity contribution in [3.05, 3.63) is 36.4 Å². The normalized spacial score (nSPS) is 15.0. The van der Waals surface area contributed by atoms with Crippen LogP contribution in [0.15, 0.2) is 36.4 Å². The SMILES string of the molecule is COc1ccc(N2CC=CCN2C(=O)OC(C)(C)C)cc1. The molecule has 1 heterocycles. The van der Waals surface area contributed by atoms with Gasteiger partial charge in [-0.25, -0.2) is 9.80 Å². The molecule has 0 unspecified atom stereocenters. The number of carbonyl (C=O) groups is 1. The fraction of sp³-hybridized carbons (Fsp3) is 0.438. The van der Waals surface area contributed by atoms with Gasteiger partial charge in [-0.05, 0) is 45.0 Å². The predicted molar refractivity (Wildman–Crippen MR) is 82.4 cm³/mol. The van der Waals surface area contributed by atoms with Crippen molar-refractivity contribution in [2.24, 2.45) is 0 Å². The average Bonchev–Trinajstić information content (AvgIpc) is 2.45. The van der Waals surface area contributed by atoms with Gasteiger partial charge in [-0.2, -0.15) is 0 Å². The first-order valence-electron chi connectivity index (χ1n) is 6.98. The molecular weight excluding hydrogens is 268 g/mol. The fourth-order valence-electron chi connectivity index (χ4n) is 2.03. The van der Waals surface area contributed by atoms with Gasteiger partial charge in [0.2, 0.25) is 0 Å². The van der Waals surface area contributed by atoms with Gasteiger partial charge in [-0.15, -0.1) is 0 Å². The molecule has 0 atom stereocenters. The first-order chi connectivity index (χ1) is 9.90. The topological polar surface area (TPSA) is 42.0 Å². The summed E-state index contributed by atoms with van der Waals surface area (Å²) >= 11 is 0. The zero-order valence-corrected chi connectivity index (χ0v) is 13.0. The molecule has 0 spiro atoms. The third kappa shape index (κ3) is 3.90. The predicted octanol–water partition coefficient (Wildman–Crippen LogP) is 3.22. The molecule has 1 aliphatic rings. The second-order valence-electron chi connectivity index (χ2n) is 5.81. The minimum atomic E-state index is -0.510. The summed E-state index contributed by atoms with van der Waals surface area (Å²) in [4.78, 5) is 12.3. The van der Waals surface area contributed by atoms with Crippen LogP contribution in [0, 0.1) is 0 Å². The standard InChI is InChI=1S/C16H22N2O3/c1-16(2,3)21-15(19)18-12-6-5-11-17(18)13-7-9-14(20-4)10-8-13/h5-10H,11-12H2,1-4H3. The van der Waals surface area contributed by atoms with E-state index in [2.05, 4.69) is 0 Å². The number of hydrogen-bond acceptors (Lipinski definition) is 4. The second-order valence-corrected chi connectivity index (χ2v) is 5.81. The molecular formula is C16H22N2O3. The molecule has 1 amide bonds. The van der Waals surface area contributed by atoms with Crippen LogP contribution in [0.25, 0.3) is 0 Å². The van der Waals surface area contributed by atoms with Crippen LogP contribution in [0.4, 0.5) is 10.5 Å². The van der Waals surface area contributed by atoms with Crippen molar-refractivity contribution in [3.63, 3.8) is 0 Å². The summed E-state index contributed by atoms with van der Waals surface area (Å²) in [6.07, 6.45) is 3.65. The van der Waals surface area contributed by atoms with Crippen LogP contribution in [0.2, 0.25) is 0 Å². The maximum absolute atomic E-state index is 12.3. The number of hydrazine groups is 1. The number of rotatable bonds is 2. The van der Waals surface area contributed by atoms with Crippen LogP contribution in [-0.4, -0.2) is 36.9 Å². The summed E-state index contributed by atoms with van der Waals surface area (Å²) in [7, 11) is 1.63. The smallest absolute Gasteiger partial charge is 0.429 e. The molecule has 1 aliphatic heterocycles. The number of anilines is 1. The molecule has 0 saturated carbocycles. The number of ether oxygens (including phenoxy) is 2. The molecule has 1 aromatic carbocycles. The van der Waals surface area contributed by atoms with Crippen LogP contribution >= 0.6 is 0 Å². The Bertz CT molecular complexity index is 517. The largest absolute Gasteiger partial charge is 0.497 e. The van der Waals surface area contributed by atoms with Crippen LogP contribution < -0.4 is 9.75 Å². The van der Waals surface area contributed by atoms with Crippen molar-refractivity contribution >= 4 is 11.8 Å². The van der Waals surface area contributed by atoms with Gasteiger partial charge >= 0.3 is 6.09 Å². The molecule has 0 radical (unpaired) electrons. The van der Waals surface area contributed by atoms with Crippen LogP contribution in [0.1, 0.15) is 20.8 Å². The van der Waals surface area contributed by atoms with Gasteiger partial charge in [0.15, 0.2) is 0 Å². The zero-order chi connectivity index (χ0) is 15.5. The third-order valence-corrected chi connectivity index (χ3v) is 2.99. The molecule has 0 bridgehead atoms. The zero-order valence-electron chi connectivity index (χ0n) is 13.0. The molecule has 21 heavy (non-hydrogen) atoms. The fourth-order valence-corrected chi connectivity index (χ4v) is 2.03. The third-order valence-electron chi connectivity index (χ3n) is 2.99. The van der Waals surface area contributed by atoms with Gasteiger partial charge in [0, 0.05) is 0 Å². The maximum atomic E-state index is 12.3. The molecule has 5 heteroatoms. The molecule has 1 aromatic rings. The Morgan fingerprint density at radius 1 is 1.10 bits per heavy atom. The quantitative estimate of drug-likeness (QED) is 0.784. The highest BCUT2D eigenvalue weighted by Crippen LogP contribution is 2.23. The maximum Gasteiger partial charge on any atom is 0.429 e. The summed E-state index contributed by atoms with van der Waals surface area (Å²) in [6, 6.07) is 7.60. The minimum Gasteiger partial charge on any atom is -0.497 e. The van der Waals surface area contributed by atoms with Gasteiger partial charge in [-0.3, -0.25) is 5.01 Å². The van der Waals surface area contributed by atoms with Crippen molar-refractivity contribution in [3.8, 4) is 5.75 Å². The Morgan fingerprint density at radius 3 is 2.29 bits per heavy atom. The van der Waals surface area contributed by atoms with Crippen molar-refractivity contribution in [1.29, 1.82) is 0 Å². The number of hydrogen-bond donors (Lipinski definition) is 0. The van der Waals surface area contributed by atoms with E-state index >= 15 is 0 Å². The Morgan fingerprint density at radius 2 is 1.71 bits per heavy atom. The molecule has 0 aromatic heterocycles. The highest BCUT2D eigenvalue weighted by Gasteiger charge is 2.27. The summed E-state index contributed by atoms with van der Waals surface area (Å²) in [6.45, 7) is 6.72. The number of nitrogens with zero attached hydrogens (tertiary/aromatic N) is 2. The number of carbonyl (C=O) groups excluding carboxylic acids is 1. The number of methoxy groups -OCH3 is 1. The van der Waals surface area contributed by atoms with E-state index < -0.39 is 5.60 Å². The van der Waals surface area contributed by atoms with Crippen molar-refractivity contribution in [1.82, 2.24) is 5.01 Å². The molecule has 0 fully saturated rings. The average molecular weight is 290 g/mol. The lowest BCUT2D eigenvalue weighted by atomic mass is 10.2. The lowest BCUT2D eigenvalue weighted by Crippen LogP contribution is -2.50. The molecule has 0 aliphatic carbocycles. The van der Waals surface area contributed by atoms with Crippen LogP contribution in [0.5, 0.6) is 5.75 Å². The van der Waals surface area contributed by atoms with E-state index in [9.17, 15) is 4.79 Å². The Balaban J connectivity index is 2.18. The van der Waals surface area contributed by atoms with Crippen molar-refractivity contribution < 1.29 is 14.3 Å². The lowest BCUT2D eigenvalue weighted by molar-refractivity contribution is 0.0246. The van der Waals surface area contributed by atoms with Gasteiger partial charge in [0.05, 0.1) is 25.9 Å². The lowest BCUT2D eigenvalue weighted by Gasteiger charge is -2.38. The van der Waals surface area contributed by atoms with Crippen LogP contribution in [-0.2, 0) is 4.74 Å². The number of amides is 1. The van der Waals surface area contributed by atoms with Gasteiger partial charge in [0.25, 0.3) is 0 Å². The first-order valence-corrected chi connectivity index (χ1v) is 6.98. The van der Waals surface area contributed by atoms with Gasteiger partial charge in [0.1, 0.15) is 11.4 Å².